The van der Waals surface area contributed by atoms with Crippen molar-refractivity contribution in [2.75, 3.05) is 19.7 Å². The van der Waals surface area contributed by atoms with E-state index in [0.29, 0.717) is 25.4 Å². The summed E-state index contributed by atoms with van der Waals surface area (Å²) in [7, 11) is 0. The Labute approximate surface area is 126 Å². The Bertz CT molecular complexity index is 513. The third kappa shape index (κ3) is 3.97. The van der Waals surface area contributed by atoms with Gasteiger partial charge in [-0.05, 0) is 45.7 Å². The molecule has 2 rings (SSSR count). The van der Waals surface area contributed by atoms with Crippen LogP contribution in [0.2, 0.25) is 0 Å². The van der Waals surface area contributed by atoms with Crippen molar-refractivity contribution >= 4 is 5.97 Å². The van der Waals surface area contributed by atoms with E-state index in [1.807, 2.05) is 32.9 Å². The number of aromatic hydroxyl groups is 1. The first kappa shape index (κ1) is 15.8. The van der Waals surface area contributed by atoms with Gasteiger partial charge >= 0.3 is 5.97 Å². The summed E-state index contributed by atoms with van der Waals surface area (Å²) in [6, 6.07) is 4.01. The first-order chi connectivity index (χ1) is 10.0. The lowest BCUT2D eigenvalue weighted by molar-refractivity contribution is -0.150. The monoisotopic (exact) mass is 291 g/mol. The van der Waals surface area contributed by atoms with Gasteiger partial charge in [0.2, 0.25) is 0 Å². The molecule has 0 aromatic heterocycles. The van der Waals surface area contributed by atoms with Gasteiger partial charge in [0.15, 0.2) is 0 Å². The molecule has 1 saturated heterocycles. The molecule has 4 heteroatoms. The average molecular weight is 291 g/mol. The molecule has 0 radical (unpaired) electrons. The fourth-order valence-corrected chi connectivity index (χ4v) is 3.06. The zero-order valence-electron chi connectivity index (χ0n) is 13.2. The van der Waals surface area contributed by atoms with Crippen molar-refractivity contribution in [3.8, 4) is 5.75 Å². The lowest BCUT2D eigenvalue weighted by atomic mass is 9.97. The van der Waals surface area contributed by atoms with Gasteiger partial charge in [-0.1, -0.05) is 17.7 Å². The molecule has 1 aromatic carbocycles. The minimum absolute atomic E-state index is 0.0354. The van der Waals surface area contributed by atoms with E-state index < -0.39 is 0 Å². The van der Waals surface area contributed by atoms with Gasteiger partial charge in [0.25, 0.3) is 0 Å². The van der Waals surface area contributed by atoms with E-state index in [0.717, 1.165) is 36.1 Å². The number of aryl methyl sites for hydroxylation is 2. The highest BCUT2D eigenvalue weighted by molar-refractivity contribution is 5.72. The first-order valence-electron chi connectivity index (χ1n) is 7.69. The van der Waals surface area contributed by atoms with Crippen molar-refractivity contribution in [1.29, 1.82) is 0 Å². The quantitative estimate of drug-likeness (QED) is 0.867. The molecule has 0 unspecified atom stereocenters. The highest BCUT2D eigenvalue weighted by Gasteiger charge is 2.27. The normalized spacial score (nSPS) is 19.5. The van der Waals surface area contributed by atoms with Gasteiger partial charge in [0.1, 0.15) is 5.75 Å². The van der Waals surface area contributed by atoms with Crippen LogP contribution in [-0.4, -0.2) is 35.7 Å². The highest BCUT2D eigenvalue weighted by Crippen LogP contribution is 2.27. The Morgan fingerprint density at radius 1 is 1.43 bits per heavy atom. The maximum atomic E-state index is 11.9. The Balaban J connectivity index is 2.04. The molecule has 21 heavy (non-hydrogen) atoms. The molecule has 0 spiro atoms. The van der Waals surface area contributed by atoms with Crippen molar-refractivity contribution in [2.24, 2.45) is 5.92 Å². The number of carbonyl (C=O) groups excluding carboxylic acids is 1. The number of rotatable bonds is 4. The van der Waals surface area contributed by atoms with Crippen LogP contribution in [0, 0.1) is 19.8 Å². The molecule has 0 amide bonds. The third-order valence-electron chi connectivity index (χ3n) is 4.04. The molecule has 0 aliphatic carbocycles. The molecule has 1 fully saturated rings. The van der Waals surface area contributed by atoms with Crippen molar-refractivity contribution in [3.05, 3.63) is 28.8 Å². The molecule has 1 aromatic rings. The number of ether oxygens (including phenoxy) is 1. The summed E-state index contributed by atoms with van der Waals surface area (Å²) >= 11 is 0. The summed E-state index contributed by atoms with van der Waals surface area (Å²) in [4.78, 5) is 14.1. The maximum absolute atomic E-state index is 11.9. The molecule has 4 nitrogen and oxygen atoms in total. The van der Waals surface area contributed by atoms with Crippen LogP contribution in [0.4, 0.5) is 0 Å². The molecule has 1 atom stereocenters. The van der Waals surface area contributed by atoms with Crippen molar-refractivity contribution in [3.63, 3.8) is 0 Å². The Kier molecular flexibility index (Phi) is 5.23. The second-order valence-electron chi connectivity index (χ2n) is 5.92. The molecule has 1 aliphatic rings. The Morgan fingerprint density at radius 3 is 2.90 bits per heavy atom. The van der Waals surface area contributed by atoms with Crippen LogP contribution in [0.25, 0.3) is 0 Å². The van der Waals surface area contributed by atoms with Crippen molar-refractivity contribution < 1.29 is 14.6 Å². The number of phenolic OH excluding ortho intramolecular Hbond substituents is 1. The highest BCUT2D eigenvalue weighted by atomic mass is 16.5. The van der Waals surface area contributed by atoms with Gasteiger partial charge in [-0.25, -0.2) is 0 Å². The summed E-state index contributed by atoms with van der Waals surface area (Å²) in [6.45, 7) is 8.59. The first-order valence-corrected chi connectivity index (χ1v) is 7.69. The summed E-state index contributed by atoms with van der Waals surface area (Å²) in [5, 5.41) is 10.2. The van der Waals surface area contributed by atoms with Gasteiger partial charge < -0.3 is 9.84 Å². The maximum Gasteiger partial charge on any atom is 0.310 e. The number of likely N-dealkylation sites (tertiary alicyclic amines) is 1. The van der Waals surface area contributed by atoms with E-state index in [1.165, 1.54) is 0 Å². The van der Waals surface area contributed by atoms with Crippen molar-refractivity contribution in [2.45, 2.75) is 40.2 Å². The minimum atomic E-state index is -0.0909. The topological polar surface area (TPSA) is 49.8 Å². The molecule has 1 aliphatic heterocycles. The van der Waals surface area contributed by atoms with Crippen LogP contribution >= 0.6 is 0 Å². The van der Waals surface area contributed by atoms with E-state index in [9.17, 15) is 9.90 Å². The van der Waals surface area contributed by atoms with Crippen LogP contribution < -0.4 is 0 Å². The minimum Gasteiger partial charge on any atom is -0.507 e. The number of piperidine rings is 1. The van der Waals surface area contributed by atoms with Gasteiger partial charge in [0.05, 0.1) is 12.5 Å². The van der Waals surface area contributed by atoms with Crippen LogP contribution in [0.5, 0.6) is 5.75 Å². The van der Waals surface area contributed by atoms with E-state index in [4.69, 9.17) is 4.74 Å². The lowest BCUT2D eigenvalue weighted by Crippen LogP contribution is -2.38. The largest absolute Gasteiger partial charge is 0.507 e. The molecule has 116 valence electrons. The third-order valence-corrected chi connectivity index (χ3v) is 4.04. The number of hydrogen-bond acceptors (Lipinski definition) is 4. The summed E-state index contributed by atoms with van der Waals surface area (Å²) in [5.41, 5.74) is 3.00. The number of benzene rings is 1. The van der Waals surface area contributed by atoms with E-state index >= 15 is 0 Å². The average Bonchev–Trinajstić information content (AvgIpc) is 2.45. The number of hydrogen-bond donors (Lipinski definition) is 1. The van der Waals surface area contributed by atoms with Gasteiger partial charge in [-0.2, -0.15) is 0 Å². The summed E-state index contributed by atoms with van der Waals surface area (Å²) in [5.74, 6) is 0.248. The second kappa shape index (κ2) is 6.94. The van der Waals surface area contributed by atoms with Crippen LogP contribution in [0.1, 0.15) is 36.5 Å². The SMILES string of the molecule is CCOC(=O)[C@@H]1CCCN(Cc2cc(C)cc(C)c2O)C1. The molecular formula is C17H25NO3. The van der Waals surface area contributed by atoms with Crippen molar-refractivity contribution in [1.82, 2.24) is 4.90 Å². The predicted molar refractivity (Wildman–Crippen MR) is 82.2 cm³/mol. The molecule has 1 N–H and O–H groups in total. The number of phenols is 1. The standard InChI is InChI=1S/C17H25NO3/c1-4-21-17(20)14-6-5-7-18(10-14)11-15-9-12(2)8-13(3)16(15)19/h8-9,14,19H,4-7,10-11H2,1-3H3/t14-/m1/s1. The molecule has 0 bridgehead atoms. The number of carbonyl (C=O) groups is 1. The summed E-state index contributed by atoms with van der Waals surface area (Å²) < 4.78 is 5.13. The second-order valence-corrected chi connectivity index (χ2v) is 5.92. The van der Waals surface area contributed by atoms with Crippen LogP contribution in [0.3, 0.4) is 0 Å². The zero-order valence-corrected chi connectivity index (χ0v) is 13.2. The van der Waals surface area contributed by atoms with E-state index in [2.05, 4.69) is 4.90 Å². The fourth-order valence-electron chi connectivity index (χ4n) is 3.06. The molecule has 0 saturated carbocycles. The van der Waals surface area contributed by atoms with Gasteiger partial charge in [0, 0.05) is 18.7 Å². The molecule has 1 heterocycles. The zero-order chi connectivity index (χ0) is 15.4. The summed E-state index contributed by atoms with van der Waals surface area (Å²) in [6.07, 6.45) is 1.89. The van der Waals surface area contributed by atoms with Crippen LogP contribution in [0.15, 0.2) is 12.1 Å². The number of esters is 1. The smallest absolute Gasteiger partial charge is 0.310 e. The number of nitrogens with zero attached hydrogens (tertiary/aromatic N) is 1. The lowest BCUT2D eigenvalue weighted by Gasteiger charge is -2.31. The fraction of sp³-hybridized carbons (Fsp3) is 0.588. The Morgan fingerprint density at radius 2 is 2.19 bits per heavy atom. The Hall–Kier alpha value is -1.55. The van der Waals surface area contributed by atoms with Gasteiger partial charge in [-0.3, -0.25) is 9.69 Å². The van der Waals surface area contributed by atoms with E-state index in [-0.39, 0.29) is 11.9 Å². The predicted octanol–water partition coefficient (Wildman–Crippen LogP) is 2.78. The van der Waals surface area contributed by atoms with Crippen LogP contribution in [-0.2, 0) is 16.1 Å². The van der Waals surface area contributed by atoms with Gasteiger partial charge in [-0.15, -0.1) is 0 Å². The van der Waals surface area contributed by atoms with E-state index in [1.54, 1.807) is 0 Å². The molecular weight excluding hydrogens is 266 g/mol.